The number of phenolic OH excluding ortho intramolecular Hbond substituents is 1. The van der Waals surface area contributed by atoms with Crippen molar-refractivity contribution in [2.24, 2.45) is 0 Å². The zero-order chi connectivity index (χ0) is 13.5. The third-order valence-electron chi connectivity index (χ3n) is 2.50. The molecule has 100 valence electrons. The Balaban J connectivity index is 2.78. The van der Waals surface area contributed by atoms with Crippen molar-refractivity contribution in [3.05, 3.63) is 23.8 Å². The van der Waals surface area contributed by atoms with Gasteiger partial charge in [0.2, 0.25) is 0 Å². The summed E-state index contributed by atoms with van der Waals surface area (Å²) in [6, 6.07) is 4.90. The maximum atomic E-state index is 11.6. The van der Waals surface area contributed by atoms with Gasteiger partial charge in [-0.1, -0.05) is 6.07 Å². The molecule has 18 heavy (non-hydrogen) atoms. The van der Waals surface area contributed by atoms with E-state index >= 15 is 0 Å². The van der Waals surface area contributed by atoms with Gasteiger partial charge in [0.25, 0.3) is 0 Å². The van der Waals surface area contributed by atoms with Crippen LogP contribution in [-0.2, 0) is 20.7 Å². The van der Waals surface area contributed by atoms with Crippen LogP contribution in [-0.4, -0.2) is 38.0 Å². The predicted molar refractivity (Wildman–Crippen MR) is 65.8 cm³/mol. The highest BCUT2D eigenvalue weighted by Crippen LogP contribution is 2.27. The minimum Gasteiger partial charge on any atom is -0.504 e. The van der Waals surface area contributed by atoms with Gasteiger partial charge in [0.15, 0.2) is 17.6 Å². The van der Waals surface area contributed by atoms with Gasteiger partial charge in [0.1, 0.15) is 0 Å². The van der Waals surface area contributed by atoms with Crippen molar-refractivity contribution in [1.82, 2.24) is 0 Å². The van der Waals surface area contributed by atoms with Gasteiger partial charge >= 0.3 is 5.97 Å². The zero-order valence-corrected chi connectivity index (χ0v) is 10.8. The second-order valence-corrected chi connectivity index (χ2v) is 3.69. The van der Waals surface area contributed by atoms with Gasteiger partial charge in [-0.15, -0.1) is 0 Å². The Morgan fingerprint density at radius 3 is 2.67 bits per heavy atom. The first-order valence-corrected chi connectivity index (χ1v) is 5.67. The molecule has 1 N–H and O–H groups in total. The maximum absolute atomic E-state index is 11.6. The fourth-order valence-electron chi connectivity index (χ4n) is 1.56. The first-order valence-electron chi connectivity index (χ1n) is 5.67. The molecule has 0 aliphatic carbocycles. The number of hydrogen-bond acceptors (Lipinski definition) is 5. The summed E-state index contributed by atoms with van der Waals surface area (Å²) in [7, 11) is 2.93. The molecule has 0 saturated carbocycles. The quantitative estimate of drug-likeness (QED) is 0.780. The van der Waals surface area contributed by atoms with E-state index in [1.54, 1.807) is 19.1 Å². The number of esters is 1. The minimum atomic E-state index is -0.654. The van der Waals surface area contributed by atoms with Crippen LogP contribution >= 0.6 is 0 Å². The first-order chi connectivity index (χ1) is 8.62. The lowest BCUT2D eigenvalue weighted by Crippen LogP contribution is -2.27. The SMILES string of the molecule is CCOC(=O)C(Cc1ccc(O)c(OC)c1)OC. The fourth-order valence-corrected chi connectivity index (χ4v) is 1.56. The molecule has 1 unspecified atom stereocenters. The normalized spacial score (nSPS) is 11.9. The molecule has 1 atom stereocenters. The van der Waals surface area contributed by atoms with Crippen LogP contribution in [0.1, 0.15) is 12.5 Å². The number of aromatic hydroxyl groups is 1. The summed E-state index contributed by atoms with van der Waals surface area (Å²) in [5.74, 6) is 0.0320. The van der Waals surface area contributed by atoms with E-state index in [0.717, 1.165) is 5.56 Å². The Morgan fingerprint density at radius 2 is 2.11 bits per heavy atom. The summed E-state index contributed by atoms with van der Waals surface area (Å²) in [6.07, 6.45) is -0.286. The average molecular weight is 254 g/mol. The number of phenols is 1. The molecule has 0 fully saturated rings. The molecule has 0 saturated heterocycles. The van der Waals surface area contributed by atoms with Crippen molar-refractivity contribution in [3.8, 4) is 11.5 Å². The van der Waals surface area contributed by atoms with Gasteiger partial charge in [-0.05, 0) is 24.6 Å². The zero-order valence-electron chi connectivity index (χ0n) is 10.8. The van der Waals surface area contributed by atoms with Crippen molar-refractivity contribution in [3.63, 3.8) is 0 Å². The van der Waals surface area contributed by atoms with Crippen molar-refractivity contribution >= 4 is 5.97 Å². The molecule has 0 amide bonds. The molecule has 5 heteroatoms. The lowest BCUT2D eigenvalue weighted by molar-refractivity contribution is -0.154. The second kappa shape index (κ2) is 6.86. The highest BCUT2D eigenvalue weighted by Gasteiger charge is 2.20. The van der Waals surface area contributed by atoms with Crippen LogP contribution in [0.3, 0.4) is 0 Å². The summed E-state index contributed by atoms with van der Waals surface area (Å²) < 4.78 is 15.0. The molecule has 0 radical (unpaired) electrons. The van der Waals surface area contributed by atoms with E-state index in [1.807, 2.05) is 0 Å². The van der Waals surface area contributed by atoms with E-state index in [1.165, 1.54) is 20.3 Å². The summed E-state index contributed by atoms with van der Waals surface area (Å²) in [5, 5.41) is 9.47. The van der Waals surface area contributed by atoms with Gasteiger partial charge in [-0.2, -0.15) is 0 Å². The summed E-state index contributed by atoms with van der Waals surface area (Å²) >= 11 is 0. The van der Waals surface area contributed by atoms with E-state index in [-0.39, 0.29) is 5.75 Å². The standard InChI is InChI=1S/C13H18O5/c1-4-18-13(15)12(17-3)8-9-5-6-10(14)11(7-9)16-2/h5-7,12,14H,4,8H2,1-3H3. The number of ether oxygens (including phenoxy) is 3. The Labute approximate surface area is 106 Å². The molecule has 0 aromatic heterocycles. The molecule has 0 aliphatic rings. The Morgan fingerprint density at radius 1 is 1.39 bits per heavy atom. The number of benzene rings is 1. The van der Waals surface area contributed by atoms with Crippen LogP contribution in [0.25, 0.3) is 0 Å². The molecule has 0 heterocycles. The Kier molecular flexibility index (Phi) is 5.45. The highest BCUT2D eigenvalue weighted by molar-refractivity contribution is 5.75. The molecule has 0 aliphatic heterocycles. The molecule has 5 nitrogen and oxygen atoms in total. The average Bonchev–Trinajstić information content (AvgIpc) is 2.37. The Bertz CT molecular complexity index is 402. The van der Waals surface area contributed by atoms with E-state index in [4.69, 9.17) is 14.2 Å². The monoisotopic (exact) mass is 254 g/mol. The van der Waals surface area contributed by atoms with Crippen molar-refractivity contribution in [2.75, 3.05) is 20.8 Å². The maximum Gasteiger partial charge on any atom is 0.335 e. The van der Waals surface area contributed by atoms with Crippen molar-refractivity contribution in [1.29, 1.82) is 0 Å². The second-order valence-electron chi connectivity index (χ2n) is 3.69. The number of carbonyl (C=O) groups is 1. The third kappa shape index (κ3) is 3.63. The topological polar surface area (TPSA) is 65.0 Å². The van der Waals surface area contributed by atoms with E-state index in [0.29, 0.717) is 18.8 Å². The molecule has 1 rings (SSSR count). The fraction of sp³-hybridized carbons (Fsp3) is 0.462. The summed E-state index contributed by atoms with van der Waals surface area (Å²) in [5.41, 5.74) is 0.824. The molecule has 0 spiro atoms. The van der Waals surface area contributed by atoms with E-state index in [2.05, 4.69) is 0 Å². The molecular formula is C13H18O5. The smallest absolute Gasteiger partial charge is 0.335 e. The van der Waals surface area contributed by atoms with Crippen LogP contribution in [0.5, 0.6) is 11.5 Å². The van der Waals surface area contributed by atoms with E-state index < -0.39 is 12.1 Å². The molecule has 1 aromatic carbocycles. The lowest BCUT2D eigenvalue weighted by atomic mass is 10.1. The first kappa shape index (κ1) is 14.3. The van der Waals surface area contributed by atoms with Gasteiger partial charge in [0.05, 0.1) is 13.7 Å². The van der Waals surface area contributed by atoms with Crippen LogP contribution in [0, 0.1) is 0 Å². The predicted octanol–water partition coefficient (Wildman–Crippen LogP) is 1.52. The molecular weight excluding hydrogens is 236 g/mol. The van der Waals surface area contributed by atoms with Crippen LogP contribution in [0.4, 0.5) is 0 Å². The number of methoxy groups -OCH3 is 2. The van der Waals surface area contributed by atoms with Crippen LogP contribution in [0.2, 0.25) is 0 Å². The number of rotatable bonds is 6. The van der Waals surface area contributed by atoms with Crippen molar-refractivity contribution < 1.29 is 24.1 Å². The minimum absolute atomic E-state index is 0.0614. The lowest BCUT2D eigenvalue weighted by Gasteiger charge is -2.14. The van der Waals surface area contributed by atoms with Gasteiger partial charge < -0.3 is 19.3 Å². The van der Waals surface area contributed by atoms with Gasteiger partial charge in [-0.25, -0.2) is 4.79 Å². The number of hydrogen-bond donors (Lipinski definition) is 1. The number of carbonyl (C=O) groups excluding carboxylic acids is 1. The summed E-state index contributed by atoms with van der Waals surface area (Å²) in [4.78, 5) is 11.6. The van der Waals surface area contributed by atoms with Gasteiger partial charge in [0, 0.05) is 13.5 Å². The van der Waals surface area contributed by atoms with Gasteiger partial charge in [-0.3, -0.25) is 0 Å². The molecule has 1 aromatic rings. The van der Waals surface area contributed by atoms with E-state index in [9.17, 15) is 9.90 Å². The van der Waals surface area contributed by atoms with Crippen molar-refractivity contribution in [2.45, 2.75) is 19.4 Å². The summed E-state index contributed by atoms with van der Waals surface area (Å²) in [6.45, 7) is 2.06. The molecule has 0 bridgehead atoms. The highest BCUT2D eigenvalue weighted by atomic mass is 16.6. The third-order valence-corrected chi connectivity index (χ3v) is 2.50. The largest absolute Gasteiger partial charge is 0.504 e. The van der Waals surface area contributed by atoms with Crippen LogP contribution in [0.15, 0.2) is 18.2 Å². The Hall–Kier alpha value is -1.75. The van der Waals surface area contributed by atoms with Crippen LogP contribution < -0.4 is 4.74 Å².